The molecule has 0 atom stereocenters. The Balaban J connectivity index is 0.000000307. The Bertz CT molecular complexity index is 1530. The first kappa shape index (κ1) is 31.6. The van der Waals surface area contributed by atoms with Crippen LogP contribution in [-0.4, -0.2) is 88.6 Å². The van der Waals surface area contributed by atoms with Crippen molar-refractivity contribution in [1.29, 1.82) is 0 Å². The Kier molecular flexibility index (Phi) is 9.43. The van der Waals surface area contributed by atoms with Gasteiger partial charge < -0.3 is 40.9 Å². The van der Waals surface area contributed by atoms with Crippen LogP contribution in [0.2, 0.25) is 0 Å². The van der Waals surface area contributed by atoms with E-state index >= 15 is 0 Å². The van der Waals surface area contributed by atoms with Gasteiger partial charge in [0.05, 0.1) is 44.5 Å². The number of hydrogen-bond donors (Lipinski definition) is 8. The molecule has 216 valence electrons. The molecule has 0 aliphatic rings. The number of carboxylic acid groups (broad SMARTS) is 8. The average molecular weight is 584 g/mol. The molecule has 0 saturated carbocycles. The molecule has 42 heavy (non-hydrogen) atoms. The zero-order valence-corrected chi connectivity index (χ0v) is 20.5. The van der Waals surface area contributed by atoms with E-state index in [1.807, 2.05) is 0 Å². The second kappa shape index (κ2) is 12.5. The van der Waals surface area contributed by atoms with Gasteiger partial charge in [-0.1, -0.05) is 12.1 Å². The van der Waals surface area contributed by atoms with Crippen molar-refractivity contribution < 1.29 is 79.2 Å². The maximum atomic E-state index is 11.2. The summed E-state index contributed by atoms with van der Waals surface area (Å²) in [5, 5.41) is 71.2. The van der Waals surface area contributed by atoms with Gasteiger partial charge in [0.2, 0.25) is 0 Å². The van der Waals surface area contributed by atoms with Crippen LogP contribution in [0.15, 0.2) is 48.5 Å². The topological polar surface area (TPSA) is 298 Å². The Morgan fingerprint density at radius 1 is 0.286 bits per heavy atom. The lowest BCUT2D eigenvalue weighted by atomic mass is 9.96. The third kappa shape index (κ3) is 6.89. The number of carboxylic acids is 8. The first-order valence-corrected chi connectivity index (χ1v) is 10.8. The molecule has 0 spiro atoms. The van der Waals surface area contributed by atoms with Crippen molar-refractivity contribution in [1.82, 2.24) is 0 Å². The molecule has 0 aliphatic heterocycles. The van der Waals surface area contributed by atoms with Crippen LogP contribution < -0.4 is 0 Å². The Hall–Kier alpha value is -6.58. The number of benzene rings is 3. The normalized spacial score (nSPS) is 10.0. The molecule has 16 nitrogen and oxygen atoms in total. The van der Waals surface area contributed by atoms with Crippen molar-refractivity contribution in [2.24, 2.45) is 0 Å². The van der Waals surface area contributed by atoms with E-state index in [0.717, 1.165) is 24.3 Å². The van der Waals surface area contributed by atoms with E-state index in [1.54, 1.807) is 0 Å². The summed E-state index contributed by atoms with van der Waals surface area (Å²) >= 11 is 0. The van der Waals surface area contributed by atoms with Crippen LogP contribution in [0.4, 0.5) is 0 Å². The first-order chi connectivity index (χ1) is 19.5. The summed E-state index contributed by atoms with van der Waals surface area (Å²) in [6.45, 7) is 0. The van der Waals surface area contributed by atoms with Crippen molar-refractivity contribution in [2.45, 2.75) is 0 Å². The third-order valence-electron chi connectivity index (χ3n) is 5.37. The highest BCUT2D eigenvalue weighted by atomic mass is 16.4. The van der Waals surface area contributed by atoms with Gasteiger partial charge in [-0.2, -0.15) is 0 Å². The van der Waals surface area contributed by atoms with Crippen molar-refractivity contribution in [3.8, 4) is 11.1 Å². The molecule has 0 amide bonds. The predicted octanol–water partition coefficient (Wildman–Crippen LogP) is 2.63. The Morgan fingerprint density at radius 3 is 0.667 bits per heavy atom. The highest BCUT2D eigenvalue weighted by molar-refractivity contribution is 6.09. The van der Waals surface area contributed by atoms with E-state index < -0.39 is 92.3 Å². The molecular weight excluding hydrogens is 568 g/mol. The second-order valence-electron chi connectivity index (χ2n) is 7.91. The fraction of sp³-hybridized carbons (Fsp3) is 0. The van der Waals surface area contributed by atoms with E-state index in [0.29, 0.717) is 12.1 Å². The van der Waals surface area contributed by atoms with Crippen LogP contribution in [0, 0.1) is 0 Å². The lowest BCUT2D eigenvalue weighted by Crippen LogP contribution is -2.15. The molecule has 0 heterocycles. The minimum Gasteiger partial charge on any atom is -0.478 e. The maximum Gasteiger partial charge on any atom is 0.336 e. The Morgan fingerprint density at radius 2 is 0.476 bits per heavy atom. The van der Waals surface area contributed by atoms with Crippen LogP contribution in [0.25, 0.3) is 11.1 Å². The summed E-state index contributed by atoms with van der Waals surface area (Å²) < 4.78 is 0. The predicted molar refractivity (Wildman–Crippen MR) is 134 cm³/mol. The molecular formula is C26H16O16. The number of hydrogen-bond acceptors (Lipinski definition) is 8. The molecule has 0 radical (unpaired) electrons. The van der Waals surface area contributed by atoms with Crippen LogP contribution in [0.5, 0.6) is 0 Å². The third-order valence-corrected chi connectivity index (χ3v) is 5.37. The van der Waals surface area contributed by atoms with E-state index in [-0.39, 0.29) is 11.1 Å². The molecule has 8 N–H and O–H groups in total. The van der Waals surface area contributed by atoms with Gasteiger partial charge in [-0.3, -0.25) is 0 Å². The van der Waals surface area contributed by atoms with E-state index in [4.69, 9.17) is 40.9 Å². The largest absolute Gasteiger partial charge is 0.478 e. The molecule has 16 heteroatoms. The van der Waals surface area contributed by atoms with Crippen molar-refractivity contribution in [3.63, 3.8) is 0 Å². The van der Waals surface area contributed by atoms with Gasteiger partial charge in [0.15, 0.2) is 0 Å². The van der Waals surface area contributed by atoms with Gasteiger partial charge in [-0.15, -0.1) is 0 Å². The molecule has 3 aromatic carbocycles. The lowest BCUT2D eigenvalue weighted by Gasteiger charge is -2.09. The van der Waals surface area contributed by atoms with Gasteiger partial charge in [-0.05, 0) is 47.5 Å². The van der Waals surface area contributed by atoms with Crippen LogP contribution in [0.1, 0.15) is 82.9 Å². The molecule has 0 fully saturated rings. The second-order valence-corrected chi connectivity index (χ2v) is 7.91. The minimum atomic E-state index is -1.66. The van der Waals surface area contributed by atoms with Gasteiger partial charge >= 0.3 is 47.8 Å². The molecule has 0 aliphatic carbocycles. The summed E-state index contributed by atoms with van der Waals surface area (Å²) in [7, 11) is 0. The van der Waals surface area contributed by atoms with Crippen LogP contribution in [-0.2, 0) is 0 Å². The number of carbonyl (C=O) groups is 8. The van der Waals surface area contributed by atoms with Gasteiger partial charge in [0.1, 0.15) is 0 Å². The Labute approximate surface area is 231 Å². The average Bonchev–Trinajstić information content (AvgIpc) is 2.91. The van der Waals surface area contributed by atoms with Gasteiger partial charge in [-0.25, -0.2) is 38.4 Å². The zero-order chi connectivity index (χ0) is 32.0. The van der Waals surface area contributed by atoms with Crippen molar-refractivity contribution >= 4 is 47.8 Å². The molecule has 3 aromatic rings. The van der Waals surface area contributed by atoms with E-state index in [9.17, 15) is 38.4 Å². The summed E-state index contributed by atoms with van der Waals surface area (Å²) in [6, 6.07) is 8.02. The molecule has 0 unspecified atom stereocenters. The summed E-state index contributed by atoms with van der Waals surface area (Å²) in [5.41, 5.74) is -4.39. The monoisotopic (exact) mass is 584 g/mol. The smallest absolute Gasteiger partial charge is 0.336 e. The van der Waals surface area contributed by atoms with Crippen LogP contribution >= 0.6 is 0 Å². The summed E-state index contributed by atoms with van der Waals surface area (Å²) in [4.78, 5) is 87.6. The summed E-state index contributed by atoms with van der Waals surface area (Å²) in [6.07, 6.45) is 0. The SMILES string of the molecule is O=C(O)c1cc(C(=O)O)c(C(=O)O)cc1C(=O)O.O=C(O)c1ccc(-c2ccc(C(=O)O)c(C(=O)O)c2)cc1C(=O)O. The number of rotatable bonds is 9. The van der Waals surface area contributed by atoms with Crippen LogP contribution in [0.3, 0.4) is 0 Å². The highest BCUT2D eigenvalue weighted by Gasteiger charge is 2.25. The summed E-state index contributed by atoms with van der Waals surface area (Å²) in [5.74, 6) is -12.4. The number of aromatic carboxylic acids is 8. The minimum absolute atomic E-state index is 0.247. The van der Waals surface area contributed by atoms with E-state index in [1.165, 1.54) is 12.1 Å². The van der Waals surface area contributed by atoms with Gasteiger partial charge in [0, 0.05) is 0 Å². The molecule has 0 aromatic heterocycles. The first-order valence-electron chi connectivity index (χ1n) is 10.8. The molecule has 0 bridgehead atoms. The van der Waals surface area contributed by atoms with Crippen molar-refractivity contribution in [2.75, 3.05) is 0 Å². The zero-order valence-electron chi connectivity index (χ0n) is 20.5. The van der Waals surface area contributed by atoms with E-state index in [2.05, 4.69) is 0 Å². The fourth-order valence-electron chi connectivity index (χ4n) is 3.48. The lowest BCUT2D eigenvalue weighted by molar-refractivity contribution is 0.0637. The highest BCUT2D eigenvalue weighted by Crippen LogP contribution is 2.26. The molecule has 0 saturated heterocycles. The maximum absolute atomic E-state index is 11.2. The standard InChI is InChI=1S/C16H10O8.C10H6O8/c17-13(18)9-3-1-7(5-11(9)15(21)22)8-2-4-10(14(19)20)12(6-8)16(23)24;11-7(12)3-1-4(8(13)14)6(10(17)18)2-5(3)9(15)16/h1-6H,(H,17,18)(H,19,20)(H,21,22)(H,23,24);1-2H,(H,11,12)(H,13,14)(H,15,16)(H,17,18). The molecule has 3 rings (SSSR count). The quantitative estimate of drug-likeness (QED) is 0.179. The van der Waals surface area contributed by atoms with Gasteiger partial charge in [0.25, 0.3) is 0 Å². The fourth-order valence-corrected chi connectivity index (χ4v) is 3.48. The van der Waals surface area contributed by atoms with Crippen molar-refractivity contribution in [3.05, 3.63) is 93.0 Å².